The number of hydrogen-bond acceptors (Lipinski definition) is 5. The molecule has 0 bridgehead atoms. The van der Waals surface area contributed by atoms with E-state index in [-0.39, 0.29) is 25.5 Å². The summed E-state index contributed by atoms with van der Waals surface area (Å²) in [6, 6.07) is 6.22. The highest BCUT2D eigenvalue weighted by atomic mass is 35.5. The number of rotatable bonds is 6. The normalized spacial score (nSPS) is 19.7. The van der Waals surface area contributed by atoms with Crippen molar-refractivity contribution in [1.82, 2.24) is 15.5 Å². The minimum Gasteiger partial charge on any atom is -0.497 e. The Labute approximate surface area is 158 Å². The van der Waals surface area contributed by atoms with Crippen LogP contribution < -0.4 is 21.1 Å². The van der Waals surface area contributed by atoms with Crippen molar-refractivity contribution in [3.05, 3.63) is 29.8 Å². The molecule has 1 saturated heterocycles. The Bertz CT molecular complexity index is 693. The standard InChI is InChI=1S/C17H24N4O4.ClH/c1-16(2,10-18)19-13(22)9-21-14(23)17(3,20-15(21)24)11-5-7-12(25-4)8-6-11;/h5-8H,9-10,18H2,1-4H3,(H,19,22)(H,20,24);1H. The predicted octanol–water partition coefficient (Wildman–Crippen LogP) is 0.738. The van der Waals surface area contributed by atoms with E-state index in [4.69, 9.17) is 10.5 Å². The number of halogens is 1. The molecule has 1 aromatic rings. The van der Waals surface area contributed by atoms with Gasteiger partial charge in [-0.3, -0.25) is 14.5 Å². The average molecular weight is 385 g/mol. The largest absolute Gasteiger partial charge is 0.497 e. The molecule has 26 heavy (non-hydrogen) atoms. The second kappa shape index (κ2) is 7.92. The third-order valence-electron chi connectivity index (χ3n) is 4.23. The third-order valence-corrected chi connectivity index (χ3v) is 4.23. The van der Waals surface area contributed by atoms with Crippen LogP contribution in [0, 0.1) is 0 Å². The highest BCUT2D eigenvalue weighted by molar-refractivity contribution is 6.09. The molecule has 1 atom stereocenters. The molecular weight excluding hydrogens is 360 g/mol. The first-order chi connectivity index (χ1) is 11.6. The Kier molecular flexibility index (Phi) is 6.62. The first kappa shape index (κ1) is 21.7. The van der Waals surface area contributed by atoms with Gasteiger partial charge in [-0.25, -0.2) is 4.79 Å². The number of nitrogens with one attached hydrogen (secondary N) is 2. The quantitative estimate of drug-likeness (QED) is 0.626. The molecule has 1 aliphatic heterocycles. The van der Waals surface area contributed by atoms with Gasteiger partial charge in [0, 0.05) is 12.1 Å². The van der Waals surface area contributed by atoms with E-state index in [0.29, 0.717) is 11.3 Å². The zero-order valence-corrected chi connectivity index (χ0v) is 16.1. The molecule has 0 spiro atoms. The lowest BCUT2D eigenvalue weighted by Gasteiger charge is -2.26. The van der Waals surface area contributed by atoms with Crippen LogP contribution in [0.5, 0.6) is 5.75 Å². The summed E-state index contributed by atoms with van der Waals surface area (Å²) < 4.78 is 5.10. The first-order valence-corrected chi connectivity index (χ1v) is 7.92. The van der Waals surface area contributed by atoms with Gasteiger partial charge in [-0.2, -0.15) is 0 Å². The molecule has 2 rings (SSSR count). The summed E-state index contributed by atoms with van der Waals surface area (Å²) in [7, 11) is 1.54. The number of carbonyl (C=O) groups excluding carboxylic acids is 3. The minimum absolute atomic E-state index is 0. The van der Waals surface area contributed by atoms with Crippen molar-refractivity contribution in [3.63, 3.8) is 0 Å². The van der Waals surface area contributed by atoms with Crippen molar-refractivity contribution in [2.75, 3.05) is 20.2 Å². The summed E-state index contributed by atoms with van der Waals surface area (Å²) >= 11 is 0. The van der Waals surface area contributed by atoms with Gasteiger partial charge >= 0.3 is 6.03 Å². The molecule has 0 aliphatic carbocycles. The third kappa shape index (κ3) is 4.25. The number of ether oxygens (including phenoxy) is 1. The number of imide groups is 1. The molecule has 4 amide bonds. The van der Waals surface area contributed by atoms with E-state index in [9.17, 15) is 14.4 Å². The summed E-state index contributed by atoms with van der Waals surface area (Å²) in [4.78, 5) is 38.0. The van der Waals surface area contributed by atoms with E-state index in [2.05, 4.69) is 10.6 Å². The molecule has 1 aromatic carbocycles. The van der Waals surface area contributed by atoms with E-state index in [1.165, 1.54) is 0 Å². The zero-order valence-electron chi connectivity index (χ0n) is 15.3. The summed E-state index contributed by atoms with van der Waals surface area (Å²) in [5, 5.41) is 5.36. The zero-order chi connectivity index (χ0) is 18.8. The second-order valence-corrected chi connectivity index (χ2v) is 6.81. The first-order valence-electron chi connectivity index (χ1n) is 7.92. The number of nitrogens with zero attached hydrogens (tertiary/aromatic N) is 1. The van der Waals surface area contributed by atoms with Gasteiger partial charge < -0.3 is 21.1 Å². The van der Waals surface area contributed by atoms with Gasteiger partial charge in [0.1, 0.15) is 17.8 Å². The Morgan fingerprint density at radius 1 is 1.31 bits per heavy atom. The molecule has 1 unspecified atom stereocenters. The highest BCUT2D eigenvalue weighted by Gasteiger charge is 2.49. The second-order valence-electron chi connectivity index (χ2n) is 6.81. The van der Waals surface area contributed by atoms with Crippen LogP contribution in [-0.2, 0) is 15.1 Å². The molecule has 144 valence electrons. The number of benzene rings is 1. The summed E-state index contributed by atoms with van der Waals surface area (Å²) in [5.41, 5.74) is 4.34. The number of methoxy groups -OCH3 is 1. The Balaban J connectivity index is 0.00000338. The molecule has 0 aromatic heterocycles. The van der Waals surface area contributed by atoms with Crippen LogP contribution in [-0.4, -0.2) is 48.5 Å². The highest BCUT2D eigenvalue weighted by Crippen LogP contribution is 2.29. The van der Waals surface area contributed by atoms with Crippen LogP contribution in [0.3, 0.4) is 0 Å². The SMILES string of the molecule is COc1ccc(C2(C)NC(=O)N(CC(=O)NC(C)(C)CN)C2=O)cc1.Cl. The van der Waals surface area contributed by atoms with Crippen LogP contribution >= 0.6 is 12.4 Å². The number of carbonyl (C=O) groups is 3. The lowest BCUT2D eigenvalue weighted by atomic mass is 9.92. The van der Waals surface area contributed by atoms with Gasteiger partial charge in [0.2, 0.25) is 5.91 Å². The van der Waals surface area contributed by atoms with Gasteiger partial charge in [0.05, 0.1) is 7.11 Å². The lowest BCUT2D eigenvalue weighted by Crippen LogP contribution is -2.52. The van der Waals surface area contributed by atoms with Gasteiger partial charge in [-0.1, -0.05) is 12.1 Å². The van der Waals surface area contributed by atoms with E-state index in [0.717, 1.165) is 4.90 Å². The van der Waals surface area contributed by atoms with Crippen molar-refractivity contribution in [1.29, 1.82) is 0 Å². The lowest BCUT2D eigenvalue weighted by molar-refractivity contribution is -0.135. The monoisotopic (exact) mass is 384 g/mol. The van der Waals surface area contributed by atoms with Crippen LogP contribution in [0.2, 0.25) is 0 Å². The molecule has 4 N–H and O–H groups in total. The number of hydrogen-bond donors (Lipinski definition) is 3. The molecular formula is C17H25ClN4O4. The maximum absolute atomic E-state index is 12.8. The van der Waals surface area contributed by atoms with E-state index < -0.39 is 28.9 Å². The van der Waals surface area contributed by atoms with Gasteiger partial charge in [0.15, 0.2) is 0 Å². The van der Waals surface area contributed by atoms with Crippen LogP contribution in [0.25, 0.3) is 0 Å². The number of nitrogens with two attached hydrogens (primary N) is 1. The fraction of sp³-hybridized carbons (Fsp3) is 0.471. The maximum Gasteiger partial charge on any atom is 0.325 e. The smallest absolute Gasteiger partial charge is 0.325 e. The van der Waals surface area contributed by atoms with Crippen molar-refractivity contribution in [2.45, 2.75) is 31.8 Å². The number of urea groups is 1. The van der Waals surface area contributed by atoms with Gasteiger partial charge in [0.25, 0.3) is 5.91 Å². The van der Waals surface area contributed by atoms with Crippen molar-refractivity contribution in [3.8, 4) is 5.75 Å². The van der Waals surface area contributed by atoms with Gasteiger partial charge in [-0.15, -0.1) is 12.4 Å². The molecule has 0 radical (unpaired) electrons. The Morgan fingerprint density at radius 3 is 2.38 bits per heavy atom. The van der Waals surface area contributed by atoms with Crippen molar-refractivity contribution >= 4 is 30.3 Å². The molecule has 8 nitrogen and oxygen atoms in total. The van der Waals surface area contributed by atoms with Crippen LogP contribution in [0.15, 0.2) is 24.3 Å². The van der Waals surface area contributed by atoms with Crippen molar-refractivity contribution < 1.29 is 19.1 Å². The predicted molar refractivity (Wildman–Crippen MR) is 99.1 cm³/mol. The summed E-state index contributed by atoms with van der Waals surface area (Å²) in [5.74, 6) is -0.286. The van der Waals surface area contributed by atoms with Crippen molar-refractivity contribution in [2.24, 2.45) is 5.73 Å². The molecule has 1 heterocycles. The Morgan fingerprint density at radius 2 is 1.88 bits per heavy atom. The topological polar surface area (TPSA) is 114 Å². The van der Waals surface area contributed by atoms with E-state index in [1.54, 1.807) is 52.1 Å². The molecule has 1 fully saturated rings. The fourth-order valence-electron chi connectivity index (χ4n) is 2.57. The number of amides is 4. The van der Waals surface area contributed by atoms with E-state index in [1.807, 2.05) is 0 Å². The van der Waals surface area contributed by atoms with E-state index >= 15 is 0 Å². The van der Waals surface area contributed by atoms with Gasteiger partial charge in [-0.05, 0) is 38.5 Å². The molecule has 9 heteroatoms. The average Bonchev–Trinajstić information content (AvgIpc) is 2.78. The maximum atomic E-state index is 12.8. The summed E-state index contributed by atoms with van der Waals surface area (Å²) in [6.07, 6.45) is 0. The summed E-state index contributed by atoms with van der Waals surface area (Å²) in [6.45, 7) is 5.01. The molecule has 0 saturated carbocycles. The Hall–Kier alpha value is -2.32. The minimum atomic E-state index is -1.23. The van der Waals surface area contributed by atoms with Crippen LogP contribution in [0.1, 0.15) is 26.3 Å². The fourth-order valence-corrected chi connectivity index (χ4v) is 2.57. The van der Waals surface area contributed by atoms with Crippen LogP contribution in [0.4, 0.5) is 4.79 Å². The molecule has 1 aliphatic rings.